The van der Waals surface area contributed by atoms with E-state index in [0.717, 1.165) is 18.2 Å². The van der Waals surface area contributed by atoms with Gasteiger partial charge in [-0.05, 0) is 11.5 Å². The number of halogens is 6. The third-order valence-electron chi connectivity index (χ3n) is 4.24. The number of nitrogens with zero attached hydrogens (tertiary/aromatic N) is 3. The van der Waals surface area contributed by atoms with Gasteiger partial charge in [0.15, 0.2) is 0 Å². The molecule has 0 aliphatic carbocycles. The molecule has 3 aromatic rings. The molecule has 0 atom stereocenters. The molecule has 0 aromatic heterocycles. The number of nitriles is 3. The van der Waals surface area contributed by atoms with Gasteiger partial charge in [0.05, 0.1) is 27.8 Å². The molecule has 0 fully saturated rings. The van der Waals surface area contributed by atoms with E-state index in [1.54, 1.807) is 6.07 Å². The van der Waals surface area contributed by atoms with Crippen molar-refractivity contribution < 1.29 is 26.3 Å². The smallest absolute Gasteiger partial charge is 0.192 e. The Hall–Kier alpha value is -3.77. The maximum absolute atomic E-state index is 13.8. The van der Waals surface area contributed by atoms with Gasteiger partial charge in [0, 0.05) is 16.2 Å². The molecule has 0 aliphatic heterocycles. The number of fused-ring (bicyclic) bond motifs is 3. The molecule has 3 rings (SSSR count). The molecule has 9 heteroatoms. The number of alkyl halides is 6. The van der Waals surface area contributed by atoms with Crippen LogP contribution in [0.3, 0.4) is 0 Å². The van der Waals surface area contributed by atoms with Gasteiger partial charge >= 0.3 is 12.4 Å². The van der Waals surface area contributed by atoms with Gasteiger partial charge < -0.3 is 0 Å². The van der Waals surface area contributed by atoms with Crippen molar-refractivity contribution in [1.82, 2.24) is 0 Å². The van der Waals surface area contributed by atoms with E-state index in [-0.39, 0.29) is 5.39 Å². The monoisotopic (exact) mass is 389 g/mol. The van der Waals surface area contributed by atoms with E-state index in [1.165, 1.54) is 18.2 Å². The van der Waals surface area contributed by atoms with E-state index in [1.807, 2.05) is 0 Å². The Balaban J connectivity index is 2.84. The van der Waals surface area contributed by atoms with Crippen LogP contribution in [0.2, 0.25) is 0 Å². The van der Waals surface area contributed by atoms with E-state index in [2.05, 4.69) is 0 Å². The Morgan fingerprint density at radius 2 is 1.25 bits per heavy atom. The summed E-state index contributed by atoms with van der Waals surface area (Å²) in [5.41, 5.74) is -5.58. The van der Waals surface area contributed by atoms with E-state index in [9.17, 15) is 42.1 Å². The lowest BCUT2D eigenvalue weighted by atomic mass is 9.86. The molecule has 138 valence electrons. The van der Waals surface area contributed by atoms with Crippen LogP contribution in [0.5, 0.6) is 0 Å². The van der Waals surface area contributed by atoms with E-state index in [4.69, 9.17) is 0 Å². The number of benzene rings is 3. The fourth-order valence-electron chi connectivity index (χ4n) is 3.22. The predicted octanol–water partition coefficient (Wildman–Crippen LogP) is 5.65. The molecule has 0 heterocycles. The first kappa shape index (κ1) is 19.0. The second kappa shape index (κ2) is 6.14. The minimum Gasteiger partial charge on any atom is -0.192 e. The summed E-state index contributed by atoms with van der Waals surface area (Å²) in [5.74, 6) is 0. The largest absolute Gasteiger partial charge is 0.418 e. The van der Waals surface area contributed by atoms with Crippen molar-refractivity contribution in [2.24, 2.45) is 0 Å². The van der Waals surface area contributed by atoms with Gasteiger partial charge in [-0.1, -0.05) is 24.3 Å². The fourth-order valence-corrected chi connectivity index (χ4v) is 3.22. The molecular formula is C19H5F6N3. The van der Waals surface area contributed by atoms with Gasteiger partial charge in [-0.25, -0.2) is 0 Å². The minimum absolute atomic E-state index is 0.148. The average Bonchev–Trinajstić information content (AvgIpc) is 2.63. The summed E-state index contributed by atoms with van der Waals surface area (Å²) in [7, 11) is 0. The summed E-state index contributed by atoms with van der Waals surface area (Å²) < 4.78 is 82.1. The van der Waals surface area contributed by atoms with Crippen molar-refractivity contribution in [1.29, 1.82) is 15.8 Å². The number of hydrogen-bond acceptors (Lipinski definition) is 3. The lowest BCUT2D eigenvalue weighted by molar-refractivity contribution is -0.138. The second-order valence-corrected chi connectivity index (χ2v) is 5.72. The third kappa shape index (κ3) is 2.67. The highest BCUT2D eigenvalue weighted by molar-refractivity contribution is 6.14. The van der Waals surface area contributed by atoms with Crippen LogP contribution >= 0.6 is 0 Å². The van der Waals surface area contributed by atoms with Gasteiger partial charge in [0.25, 0.3) is 0 Å². The molecule has 0 spiro atoms. The van der Waals surface area contributed by atoms with Crippen LogP contribution < -0.4 is 0 Å². The normalized spacial score (nSPS) is 11.8. The zero-order chi connectivity index (χ0) is 20.9. The summed E-state index contributed by atoms with van der Waals surface area (Å²) in [6.45, 7) is 0. The molecule has 0 bridgehead atoms. The molecule has 0 saturated carbocycles. The number of rotatable bonds is 0. The van der Waals surface area contributed by atoms with Crippen LogP contribution in [-0.2, 0) is 12.4 Å². The average molecular weight is 389 g/mol. The molecule has 0 saturated heterocycles. The van der Waals surface area contributed by atoms with E-state index < -0.39 is 56.3 Å². The first-order chi connectivity index (χ1) is 13.1. The summed E-state index contributed by atoms with van der Waals surface area (Å²) in [5, 5.41) is 25.5. The molecule has 0 N–H and O–H groups in total. The lowest BCUT2D eigenvalue weighted by Gasteiger charge is -2.19. The Labute approximate surface area is 153 Å². The highest BCUT2D eigenvalue weighted by Gasteiger charge is 2.41. The molecule has 3 aromatic carbocycles. The zero-order valence-corrected chi connectivity index (χ0v) is 13.5. The van der Waals surface area contributed by atoms with Gasteiger partial charge in [-0.2, -0.15) is 42.1 Å². The van der Waals surface area contributed by atoms with Crippen molar-refractivity contribution in [3.63, 3.8) is 0 Å². The van der Waals surface area contributed by atoms with Crippen LogP contribution in [0.25, 0.3) is 21.5 Å². The lowest BCUT2D eigenvalue weighted by Crippen LogP contribution is -2.13. The van der Waals surface area contributed by atoms with Crippen LogP contribution in [0.4, 0.5) is 26.3 Å². The second-order valence-electron chi connectivity index (χ2n) is 5.72. The van der Waals surface area contributed by atoms with E-state index in [0.29, 0.717) is 6.07 Å². The highest BCUT2D eigenvalue weighted by atomic mass is 19.4. The third-order valence-corrected chi connectivity index (χ3v) is 4.24. The Morgan fingerprint density at radius 1 is 0.643 bits per heavy atom. The SMILES string of the molecule is N#Cc1c(C#N)c(C(F)(F)F)c2c(ccc3cccc(C(F)(F)F)c32)c1C#N. The van der Waals surface area contributed by atoms with Crippen molar-refractivity contribution in [3.05, 3.63) is 58.1 Å². The molecule has 3 nitrogen and oxygen atoms in total. The van der Waals surface area contributed by atoms with Crippen molar-refractivity contribution in [2.75, 3.05) is 0 Å². The van der Waals surface area contributed by atoms with Gasteiger partial charge in [-0.3, -0.25) is 0 Å². The van der Waals surface area contributed by atoms with Crippen molar-refractivity contribution >= 4 is 21.5 Å². The molecule has 0 amide bonds. The van der Waals surface area contributed by atoms with Gasteiger partial charge in [0.2, 0.25) is 0 Å². The standard InChI is InChI=1S/C19H5F6N3/c20-18(21,22)14-3-1-2-9-4-5-10-11(6-26)12(7-27)13(8-28)17(19(23,24)25)16(10)15(9)14/h1-5H. The van der Waals surface area contributed by atoms with Gasteiger partial charge in [0.1, 0.15) is 18.2 Å². The molecule has 0 radical (unpaired) electrons. The highest BCUT2D eigenvalue weighted by Crippen LogP contribution is 2.46. The first-order valence-electron chi connectivity index (χ1n) is 7.46. The van der Waals surface area contributed by atoms with Crippen LogP contribution in [0, 0.1) is 34.0 Å². The fraction of sp³-hybridized carbons (Fsp3) is 0.105. The Kier molecular flexibility index (Phi) is 4.17. The molecule has 0 aliphatic rings. The van der Waals surface area contributed by atoms with Crippen molar-refractivity contribution in [2.45, 2.75) is 12.4 Å². The van der Waals surface area contributed by atoms with Crippen LogP contribution in [0.1, 0.15) is 27.8 Å². The number of hydrogen-bond donors (Lipinski definition) is 0. The summed E-state index contributed by atoms with van der Waals surface area (Å²) in [6.07, 6.45) is -10.2. The predicted molar refractivity (Wildman–Crippen MR) is 85.6 cm³/mol. The molecule has 0 unspecified atom stereocenters. The summed E-state index contributed by atoms with van der Waals surface area (Å²) in [4.78, 5) is 0. The quantitative estimate of drug-likeness (QED) is 0.369. The van der Waals surface area contributed by atoms with Crippen LogP contribution in [-0.4, -0.2) is 0 Å². The summed E-state index contributed by atoms with van der Waals surface area (Å²) in [6, 6.07) is 9.23. The minimum atomic E-state index is -5.24. The zero-order valence-electron chi connectivity index (χ0n) is 13.5. The van der Waals surface area contributed by atoms with Crippen LogP contribution in [0.15, 0.2) is 30.3 Å². The maximum atomic E-state index is 13.8. The first-order valence-corrected chi connectivity index (χ1v) is 7.46. The van der Waals surface area contributed by atoms with Gasteiger partial charge in [-0.15, -0.1) is 0 Å². The molecule has 28 heavy (non-hydrogen) atoms. The Bertz CT molecular complexity index is 1260. The Morgan fingerprint density at radius 3 is 1.75 bits per heavy atom. The molecular weight excluding hydrogens is 384 g/mol. The summed E-state index contributed by atoms with van der Waals surface area (Å²) >= 11 is 0. The maximum Gasteiger partial charge on any atom is 0.418 e. The topological polar surface area (TPSA) is 71.4 Å². The van der Waals surface area contributed by atoms with Crippen molar-refractivity contribution in [3.8, 4) is 18.2 Å². The van der Waals surface area contributed by atoms with E-state index >= 15 is 0 Å².